The van der Waals surface area contributed by atoms with Crippen LogP contribution in [0.1, 0.15) is 6.42 Å². The highest BCUT2D eigenvalue weighted by Crippen LogP contribution is 2.33. The van der Waals surface area contributed by atoms with Gasteiger partial charge in [-0.05, 0) is 24.3 Å². The van der Waals surface area contributed by atoms with Gasteiger partial charge in [0.25, 0.3) is 0 Å². The second kappa shape index (κ2) is 6.62. The van der Waals surface area contributed by atoms with Gasteiger partial charge >= 0.3 is 0 Å². The third kappa shape index (κ3) is 3.12. The Bertz CT molecular complexity index is 701. The summed E-state index contributed by atoms with van der Waals surface area (Å²) >= 11 is 1.44. The van der Waals surface area contributed by atoms with Gasteiger partial charge in [0, 0.05) is 11.3 Å². The SMILES string of the molecule is O=C1CC(Sc2ccccc2)C(=O)N1C1=C/C=C\C=C/C=C1. The largest absolute Gasteiger partial charge is 0.274 e. The molecule has 1 unspecified atom stereocenters. The first-order valence-corrected chi connectivity index (χ1v) is 7.94. The van der Waals surface area contributed by atoms with Crippen molar-refractivity contribution in [3.63, 3.8) is 0 Å². The number of likely N-dealkylation sites (tertiary alicyclic amines) is 1. The fourth-order valence-electron chi connectivity index (χ4n) is 2.34. The Morgan fingerprint density at radius 2 is 1.68 bits per heavy atom. The van der Waals surface area contributed by atoms with Crippen LogP contribution in [0.4, 0.5) is 0 Å². The monoisotopic (exact) mass is 309 g/mol. The van der Waals surface area contributed by atoms with Gasteiger partial charge in [0.05, 0.1) is 10.9 Å². The number of amides is 2. The van der Waals surface area contributed by atoms with Crippen molar-refractivity contribution in [2.75, 3.05) is 0 Å². The molecule has 2 amide bonds. The molecule has 3 nitrogen and oxygen atoms in total. The molecule has 1 aromatic rings. The van der Waals surface area contributed by atoms with E-state index in [9.17, 15) is 9.59 Å². The average molecular weight is 309 g/mol. The molecule has 4 heteroatoms. The van der Waals surface area contributed by atoms with Gasteiger partial charge in [-0.25, -0.2) is 4.90 Å². The Labute approximate surface area is 133 Å². The van der Waals surface area contributed by atoms with Crippen LogP contribution in [0.5, 0.6) is 0 Å². The fourth-order valence-corrected chi connectivity index (χ4v) is 3.41. The lowest BCUT2D eigenvalue weighted by molar-refractivity contribution is -0.135. The zero-order valence-corrected chi connectivity index (χ0v) is 12.7. The Kier molecular flexibility index (Phi) is 4.39. The maximum atomic E-state index is 12.6. The molecule has 0 N–H and O–H groups in total. The van der Waals surface area contributed by atoms with Crippen molar-refractivity contribution in [1.29, 1.82) is 0 Å². The summed E-state index contributed by atoms with van der Waals surface area (Å²) < 4.78 is 0. The Morgan fingerprint density at radius 1 is 0.955 bits per heavy atom. The minimum absolute atomic E-state index is 0.146. The van der Waals surface area contributed by atoms with Crippen molar-refractivity contribution >= 4 is 23.6 Å². The molecule has 1 aromatic carbocycles. The minimum Gasteiger partial charge on any atom is -0.274 e. The summed E-state index contributed by atoms with van der Waals surface area (Å²) in [6, 6.07) is 9.69. The lowest BCUT2D eigenvalue weighted by atomic mass is 10.2. The van der Waals surface area contributed by atoms with E-state index in [0.29, 0.717) is 5.70 Å². The van der Waals surface area contributed by atoms with E-state index in [1.54, 1.807) is 12.2 Å². The lowest BCUT2D eigenvalue weighted by Gasteiger charge is -2.16. The van der Waals surface area contributed by atoms with Crippen molar-refractivity contribution in [1.82, 2.24) is 4.90 Å². The van der Waals surface area contributed by atoms with Crippen molar-refractivity contribution in [3.05, 3.63) is 78.6 Å². The van der Waals surface area contributed by atoms with Gasteiger partial charge in [-0.2, -0.15) is 0 Å². The Hall–Kier alpha value is -2.33. The van der Waals surface area contributed by atoms with Crippen LogP contribution in [0, 0.1) is 0 Å². The predicted octanol–water partition coefficient (Wildman–Crippen LogP) is 3.47. The average Bonchev–Trinajstić information content (AvgIpc) is 2.75. The van der Waals surface area contributed by atoms with Gasteiger partial charge in [-0.1, -0.05) is 48.6 Å². The van der Waals surface area contributed by atoms with E-state index in [1.807, 2.05) is 60.7 Å². The summed E-state index contributed by atoms with van der Waals surface area (Å²) in [5.41, 5.74) is 0.617. The first-order valence-electron chi connectivity index (χ1n) is 7.06. The molecular weight excluding hydrogens is 294 g/mol. The van der Waals surface area contributed by atoms with Gasteiger partial charge in [0.15, 0.2) is 0 Å². The van der Waals surface area contributed by atoms with E-state index in [4.69, 9.17) is 0 Å². The summed E-state index contributed by atoms with van der Waals surface area (Å²) in [4.78, 5) is 27.1. The third-order valence-corrected chi connectivity index (χ3v) is 4.56. The zero-order valence-electron chi connectivity index (χ0n) is 11.9. The first-order chi connectivity index (χ1) is 10.8. The highest BCUT2D eigenvalue weighted by atomic mass is 32.2. The van der Waals surface area contributed by atoms with Gasteiger partial charge < -0.3 is 0 Å². The van der Waals surface area contributed by atoms with Gasteiger partial charge in [0.2, 0.25) is 11.8 Å². The van der Waals surface area contributed by atoms with Crippen molar-refractivity contribution in [2.24, 2.45) is 0 Å². The molecule has 110 valence electrons. The third-order valence-electron chi connectivity index (χ3n) is 3.36. The van der Waals surface area contributed by atoms with Crippen LogP contribution in [0.25, 0.3) is 0 Å². The summed E-state index contributed by atoms with van der Waals surface area (Å²) in [7, 11) is 0. The molecule has 3 rings (SSSR count). The Morgan fingerprint density at radius 3 is 2.50 bits per heavy atom. The number of hydrogen-bond donors (Lipinski definition) is 0. The molecule has 1 saturated heterocycles. The van der Waals surface area contributed by atoms with Crippen molar-refractivity contribution in [3.8, 4) is 0 Å². The van der Waals surface area contributed by atoms with Crippen LogP contribution >= 0.6 is 11.8 Å². The number of carbonyl (C=O) groups is 2. The molecule has 1 heterocycles. The van der Waals surface area contributed by atoms with E-state index in [0.717, 1.165) is 4.90 Å². The standard InChI is InChI=1S/C18H15NO2S/c20-17-13-16(22-15-11-7-4-8-12-15)18(21)19(17)14-9-5-2-1-3-6-10-14/h1-12,16H,13H2/b2-1-,3-1?,5-2?,6-3-,9-5?,10-6?,14-9?,14-10?. The van der Waals surface area contributed by atoms with Crippen LogP contribution in [0.3, 0.4) is 0 Å². The van der Waals surface area contributed by atoms with Crippen molar-refractivity contribution in [2.45, 2.75) is 16.6 Å². The quantitative estimate of drug-likeness (QED) is 0.802. The molecule has 0 spiro atoms. The number of nitrogens with zero attached hydrogens (tertiary/aromatic N) is 1. The highest BCUT2D eigenvalue weighted by Gasteiger charge is 2.40. The molecule has 0 bridgehead atoms. The smallest absolute Gasteiger partial charge is 0.247 e. The number of benzene rings is 1. The van der Waals surface area contributed by atoms with Gasteiger partial charge in [-0.3, -0.25) is 9.59 Å². The molecule has 0 saturated carbocycles. The van der Waals surface area contributed by atoms with Gasteiger partial charge in [0.1, 0.15) is 0 Å². The zero-order chi connectivity index (χ0) is 15.4. The van der Waals surface area contributed by atoms with Crippen LogP contribution in [-0.4, -0.2) is 22.0 Å². The molecule has 22 heavy (non-hydrogen) atoms. The lowest BCUT2D eigenvalue weighted by Crippen LogP contribution is -2.30. The molecule has 1 aliphatic carbocycles. The number of rotatable bonds is 3. The van der Waals surface area contributed by atoms with Crippen LogP contribution in [0.15, 0.2) is 83.5 Å². The van der Waals surface area contributed by atoms with E-state index in [2.05, 4.69) is 0 Å². The number of imide groups is 1. The molecule has 1 atom stereocenters. The normalized spacial score (nSPS) is 23.9. The number of carbonyl (C=O) groups excluding carboxylic acids is 2. The minimum atomic E-state index is -0.353. The topological polar surface area (TPSA) is 37.4 Å². The molecule has 2 aliphatic rings. The first kappa shape index (κ1) is 14.6. The molecule has 1 aliphatic heterocycles. The van der Waals surface area contributed by atoms with E-state index < -0.39 is 0 Å². The Balaban J connectivity index is 1.80. The maximum Gasteiger partial charge on any atom is 0.247 e. The molecule has 0 aromatic heterocycles. The fraction of sp³-hybridized carbons (Fsp3) is 0.111. The van der Waals surface area contributed by atoms with E-state index >= 15 is 0 Å². The van der Waals surface area contributed by atoms with Crippen molar-refractivity contribution < 1.29 is 9.59 Å². The van der Waals surface area contributed by atoms with E-state index in [-0.39, 0.29) is 23.5 Å². The summed E-state index contributed by atoms with van der Waals surface area (Å²) in [5, 5.41) is -0.353. The number of allylic oxidation sites excluding steroid dienone is 7. The second-order valence-corrected chi connectivity index (χ2v) is 6.19. The van der Waals surface area contributed by atoms with Gasteiger partial charge in [-0.15, -0.1) is 11.8 Å². The highest BCUT2D eigenvalue weighted by molar-refractivity contribution is 8.00. The van der Waals surface area contributed by atoms with E-state index in [1.165, 1.54) is 16.7 Å². The second-order valence-electron chi connectivity index (χ2n) is 4.91. The van der Waals surface area contributed by atoms with Crippen LogP contribution in [-0.2, 0) is 9.59 Å². The van der Waals surface area contributed by atoms with Crippen LogP contribution < -0.4 is 0 Å². The maximum absolute atomic E-state index is 12.6. The number of thioether (sulfide) groups is 1. The molecule has 0 radical (unpaired) electrons. The molecular formula is C18H15NO2S. The van der Waals surface area contributed by atoms with Crippen LogP contribution in [0.2, 0.25) is 0 Å². The summed E-state index contributed by atoms with van der Waals surface area (Å²) in [6.45, 7) is 0. The number of hydrogen-bond acceptors (Lipinski definition) is 3. The summed E-state index contributed by atoms with van der Waals surface area (Å²) in [6.07, 6.45) is 13.1. The predicted molar refractivity (Wildman–Crippen MR) is 88.1 cm³/mol. The summed E-state index contributed by atoms with van der Waals surface area (Å²) in [5.74, 6) is -0.292. The molecule has 1 fully saturated rings.